The zero-order valence-corrected chi connectivity index (χ0v) is 21.7. The first-order valence-electron chi connectivity index (χ1n) is 12.9. The molecule has 0 radical (unpaired) electrons. The van der Waals surface area contributed by atoms with Gasteiger partial charge in [0.05, 0.1) is 13.2 Å². The van der Waals surface area contributed by atoms with Crippen molar-refractivity contribution in [2.45, 2.75) is 51.2 Å². The second-order valence-electron chi connectivity index (χ2n) is 10.1. The predicted molar refractivity (Wildman–Crippen MR) is 141 cm³/mol. The molecule has 3 heterocycles. The average Bonchev–Trinajstić information content (AvgIpc) is 3.21. The summed E-state index contributed by atoms with van der Waals surface area (Å²) in [5, 5.41) is 3.49. The molecule has 0 spiro atoms. The van der Waals surface area contributed by atoms with Gasteiger partial charge in [0.15, 0.2) is 0 Å². The second kappa shape index (κ2) is 11.2. The summed E-state index contributed by atoms with van der Waals surface area (Å²) < 4.78 is 5.42. The zero-order valence-electron chi connectivity index (χ0n) is 20.9. The molecule has 3 aliphatic heterocycles. The largest absolute Gasteiger partial charge is 0.379 e. The van der Waals surface area contributed by atoms with Gasteiger partial charge in [-0.3, -0.25) is 19.3 Å². The van der Waals surface area contributed by atoms with Crippen LogP contribution < -0.4 is 5.32 Å². The summed E-state index contributed by atoms with van der Waals surface area (Å²) in [5.41, 5.74) is 5.29. The maximum absolute atomic E-state index is 12.9. The number of Topliss-reactive ketones (excluding diaryl/α,β-unsaturated/α-hetero) is 1. The fraction of sp³-hybridized carbons (Fsp3) is 0.414. The van der Waals surface area contributed by atoms with Crippen molar-refractivity contribution < 1.29 is 19.1 Å². The number of carbonyl (C=O) groups excluding carboxylic acids is 3. The number of hydrogen-bond donors (Lipinski definition) is 1. The lowest BCUT2D eigenvalue weighted by Crippen LogP contribution is -2.49. The lowest BCUT2D eigenvalue weighted by Gasteiger charge is -2.30. The van der Waals surface area contributed by atoms with Gasteiger partial charge in [-0.1, -0.05) is 42.4 Å². The third-order valence-electron chi connectivity index (χ3n) is 7.40. The van der Waals surface area contributed by atoms with Crippen LogP contribution >= 0.6 is 11.6 Å². The minimum absolute atomic E-state index is 0.110. The minimum Gasteiger partial charge on any atom is -0.379 e. The van der Waals surface area contributed by atoms with Crippen molar-refractivity contribution in [2.75, 3.05) is 26.3 Å². The molecule has 2 aromatic rings. The summed E-state index contributed by atoms with van der Waals surface area (Å²) in [4.78, 5) is 42.1. The fourth-order valence-electron chi connectivity index (χ4n) is 5.32. The Hall–Kier alpha value is -3.00. The zero-order chi connectivity index (χ0) is 25.9. The summed E-state index contributed by atoms with van der Waals surface area (Å²) in [7, 11) is 0. The van der Waals surface area contributed by atoms with Crippen LogP contribution in [0.2, 0.25) is 5.02 Å². The van der Waals surface area contributed by atoms with Gasteiger partial charge in [0, 0.05) is 55.3 Å². The molecule has 7 nitrogen and oxygen atoms in total. The predicted octanol–water partition coefficient (Wildman–Crippen LogP) is 3.66. The van der Waals surface area contributed by atoms with E-state index in [0.717, 1.165) is 60.1 Å². The molecular formula is C29H32ClN3O4. The first-order valence-corrected chi connectivity index (χ1v) is 13.3. The summed E-state index contributed by atoms with van der Waals surface area (Å²) in [6.45, 7) is 8.21. The monoisotopic (exact) mass is 521 g/mol. The van der Waals surface area contributed by atoms with E-state index in [1.54, 1.807) is 4.90 Å². The fourth-order valence-corrected chi connectivity index (χ4v) is 5.50. The minimum atomic E-state index is -0.469. The van der Waals surface area contributed by atoms with Crippen LogP contribution in [0.3, 0.4) is 0 Å². The molecule has 2 amide bonds. The van der Waals surface area contributed by atoms with Crippen LogP contribution in [0, 0.1) is 0 Å². The molecule has 8 heteroatoms. The molecule has 5 rings (SSSR count). The maximum Gasteiger partial charge on any atom is 0.255 e. The topological polar surface area (TPSA) is 79.0 Å². The van der Waals surface area contributed by atoms with E-state index in [1.165, 1.54) is 0 Å². The highest BCUT2D eigenvalue weighted by molar-refractivity contribution is 6.31. The number of carbonyl (C=O) groups is 3. The molecule has 2 aromatic carbocycles. The Morgan fingerprint density at radius 2 is 1.89 bits per heavy atom. The van der Waals surface area contributed by atoms with Crippen molar-refractivity contribution in [1.82, 2.24) is 15.1 Å². The average molecular weight is 522 g/mol. The Bertz CT molecular complexity index is 1240. The number of ketones is 1. The van der Waals surface area contributed by atoms with Crippen LogP contribution in [0.4, 0.5) is 0 Å². The maximum atomic E-state index is 12.9. The Kier molecular flexibility index (Phi) is 7.74. The van der Waals surface area contributed by atoms with Crippen molar-refractivity contribution in [3.63, 3.8) is 0 Å². The number of halogens is 1. The van der Waals surface area contributed by atoms with E-state index in [0.29, 0.717) is 49.9 Å². The van der Waals surface area contributed by atoms with E-state index >= 15 is 0 Å². The molecule has 2 fully saturated rings. The quantitative estimate of drug-likeness (QED) is 0.573. The van der Waals surface area contributed by atoms with Gasteiger partial charge in [0.2, 0.25) is 5.91 Å². The standard InChI is InChI=1S/C29H32ClN3O4/c1-19-2-9-27(28(35)31-19)33-18-22-14-20(4-7-25(22)29(33)36)3-6-24(34)16-21-5-8-26(30)23(15-21)17-32-10-12-37-13-11-32/h4-5,7-8,14-15,27H,1-3,6,9-13,16-18H2,(H,31,35). The van der Waals surface area contributed by atoms with E-state index in [9.17, 15) is 14.4 Å². The van der Waals surface area contributed by atoms with Gasteiger partial charge in [-0.25, -0.2) is 0 Å². The van der Waals surface area contributed by atoms with Crippen molar-refractivity contribution in [1.29, 1.82) is 0 Å². The van der Waals surface area contributed by atoms with Crippen LogP contribution in [-0.4, -0.2) is 59.7 Å². The van der Waals surface area contributed by atoms with E-state index < -0.39 is 6.04 Å². The normalized spacial score (nSPS) is 20.2. The molecule has 3 aliphatic rings. The molecule has 1 unspecified atom stereocenters. The van der Waals surface area contributed by atoms with Crippen molar-refractivity contribution in [2.24, 2.45) is 0 Å². The Morgan fingerprint density at radius 1 is 1.11 bits per heavy atom. The first-order chi connectivity index (χ1) is 17.9. The molecule has 0 bridgehead atoms. The molecular weight excluding hydrogens is 490 g/mol. The van der Waals surface area contributed by atoms with Gasteiger partial charge < -0.3 is 15.0 Å². The number of piperidine rings is 1. The van der Waals surface area contributed by atoms with Crippen LogP contribution in [-0.2, 0) is 40.3 Å². The Morgan fingerprint density at radius 3 is 2.68 bits per heavy atom. The number of nitrogens with zero attached hydrogens (tertiary/aromatic N) is 2. The number of benzene rings is 2. The van der Waals surface area contributed by atoms with Crippen LogP contribution in [0.25, 0.3) is 0 Å². The SMILES string of the molecule is C=C1CCC(N2Cc3cc(CCC(=O)Cc4ccc(Cl)c(CN5CCOCC5)c4)ccc3C2=O)C(=O)N1. The van der Waals surface area contributed by atoms with Crippen molar-refractivity contribution in [3.05, 3.63) is 81.5 Å². The summed E-state index contributed by atoms with van der Waals surface area (Å²) in [5.74, 6) is -0.114. The lowest BCUT2D eigenvalue weighted by molar-refractivity contribution is -0.126. The van der Waals surface area contributed by atoms with Crippen molar-refractivity contribution >= 4 is 29.2 Å². The molecule has 37 heavy (non-hydrogen) atoms. The van der Waals surface area contributed by atoms with Gasteiger partial charge in [-0.05, 0) is 53.6 Å². The summed E-state index contributed by atoms with van der Waals surface area (Å²) in [6, 6.07) is 11.1. The molecule has 0 aromatic heterocycles. The molecule has 1 N–H and O–H groups in total. The van der Waals surface area contributed by atoms with Gasteiger partial charge >= 0.3 is 0 Å². The number of amides is 2. The van der Waals surface area contributed by atoms with E-state index in [1.807, 2.05) is 36.4 Å². The third kappa shape index (κ3) is 5.95. The molecule has 2 saturated heterocycles. The first kappa shape index (κ1) is 25.6. The molecule has 0 saturated carbocycles. The lowest BCUT2D eigenvalue weighted by atomic mass is 9.99. The Balaban J connectivity index is 1.17. The van der Waals surface area contributed by atoms with Gasteiger partial charge in [-0.15, -0.1) is 0 Å². The van der Waals surface area contributed by atoms with Crippen LogP contribution in [0.1, 0.15) is 51.9 Å². The number of hydrogen-bond acceptors (Lipinski definition) is 5. The van der Waals surface area contributed by atoms with Gasteiger partial charge in [0.25, 0.3) is 5.91 Å². The second-order valence-corrected chi connectivity index (χ2v) is 10.5. The number of ether oxygens (including phenoxy) is 1. The molecule has 1 atom stereocenters. The van der Waals surface area contributed by atoms with Crippen molar-refractivity contribution in [3.8, 4) is 0 Å². The molecule has 194 valence electrons. The van der Waals surface area contributed by atoms with E-state index in [-0.39, 0.29) is 17.6 Å². The third-order valence-corrected chi connectivity index (χ3v) is 7.77. The summed E-state index contributed by atoms with van der Waals surface area (Å²) in [6.07, 6.45) is 2.66. The Labute approximate surface area is 222 Å². The number of rotatable bonds is 8. The number of nitrogens with one attached hydrogen (secondary N) is 1. The number of morpholine rings is 1. The van der Waals surface area contributed by atoms with Crippen LogP contribution in [0.15, 0.2) is 48.7 Å². The summed E-state index contributed by atoms with van der Waals surface area (Å²) >= 11 is 6.43. The number of fused-ring (bicyclic) bond motifs is 1. The van der Waals surface area contributed by atoms with Crippen LogP contribution in [0.5, 0.6) is 0 Å². The van der Waals surface area contributed by atoms with Gasteiger partial charge in [0.1, 0.15) is 11.8 Å². The highest BCUT2D eigenvalue weighted by Crippen LogP contribution is 2.29. The highest BCUT2D eigenvalue weighted by Gasteiger charge is 2.38. The molecule has 0 aliphatic carbocycles. The van der Waals surface area contributed by atoms with E-state index in [2.05, 4.69) is 16.8 Å². The number of allylic oxidation sites excluding steroid dienone is 1. The smallest absolute Gasteiger partial charge is 0.255 e. The number of aryl methyl sites for hydroxylation is 1. The van der Waals surface area contributed by atoms with Gasteiger partial charge in [-0.2, -0.15) is 0 Å². The highest BCUT2D eigenvalue weighted by atomic mass is 35.5. The van der Waals surface area contributed by atoms with E-state index in [4.69, 9.17) is 16.3 Å².